The number of hydrogen-bond acceptors (Lipinski definition) is 3. The monoisotopic (exact) mass is 331 g/mol. The van der Waals surface area contributed by atoms with E-state index in [9.17, 15) is 14.0 Å². The minimum atomic E-state index is -0.594. The molecular formula is C17H11ClFNO3. The van der Waals surface area contributed by atoms with Gasteiger partial charge >= 0.3 is 0 Å². The Morgan fingerprint density at radius 3 is 2.57 bits per heavy atom. The van der Waals surface area contributed by atoms with Gasteiger partial charge in [-0.1, -0.05) is 11.6 Å². The number of carbonyl (C=O) groups excluding carboxylic acids is 1. The highest BCUT2D eigenvalue weighted by Crippen LogP contribution is 2.22. The van der Waals surface area contributed by atoms with Gasteiger partial charge in [0.1, 0.15) is 11.4 Å². The molecular weight excluding hydrogens is 321 g/mol. The summed E-state index contributed by atoms with van der Waals surface area (Å²) in [7, 11) is 0. The Kier molecular flexibility index (Phi) is 3.88. The van der Waals surface area contributed by atoms with Crippen molar-refractivity contribution in [2.24, 2.45) is 0 Å². The van der Waals surface area contributed by atoms with Crippen LogP contribution in [0.25, 0.3) is 11.0 Å². The molecule has 2 aromatic carbocycles. The number of rotatable bonds is 2. The van der Waals surface area contributed by atoms with Gasteiger partial charge in [-0.05, 0) is 48.9 Å². The Morgan fingerprint density at radius 2 is 1.87 bits per heavy atom. The summed E-state index contributed by atoms with van der Waals surface area (Å²) in [5, 5.41) is 3.30. The average Bonchev–Trinajstić information content (AvgIpc) is 2.51. The first-order valence-corrected chi connectivity index (χ1v) is 7.13. The SMILES string of the molecule is Cc1cc2oc(C(=O)Nc3ccc(F)cc3)cc(=O)c2cc1Cl. The van der Waals surface area contributed by atoms with E-state index in [1.54, 1.807) is 13.0 Å². The van der Waals surface area contributed by atoms with E-state index >= 15 is 0 Å². The second kappa shape index (κ2) is 5.85. The molecule has 0 atom stereocenters. The highest BCUT2D eigenvalue weighted by molar-refractivity contribution is 6.32. The minimum Gasteiger partial charge on any atom is -0.451 e. The first-order valence-electron chi connectivity index (χ1n) is 6.75. The molecule has 0 aliphatic carbocycles. The first kappa shape index (κ1) is 15.2. The summed E-state index contributed by atoms with van der Waals surface area (Å²) < 4.78 is 18.4. The van der Waals surface area contributed by atoms with E-state index in [1.807, 2.05) is 0 Å². The van der Waals surface area contributed by atoms with Crippen LogP contribution in [-0.4, -0.2) is 5.91 Å². The highest BCUT2D eigenvalue weighted by Gasteiger charge is 2.14. The molecule has 0 fully saturated rings. The fourth-order valence-corrected chi connectivity index (χ4v) is 2.28. The molecule has 4 nitrogen and oxygen atoms in total. The zero-order valence-electron chi connectivity index (χ0n) is 12.0. The summed E-state index contributed by atoms with van der Waals surface area (Å²) >= 11 is 5.99. The second-order valence-corrected chi connectivity index (χ2v) is 5.44. The molecule has 0 bridgehead atoms. The van der Waals surface area contributed by atoms with Gasteiger partial charge in [-0.3, -0.25) is 9.59 Å². The molecule has 1 N–H and O–H groups in total. The Bertz CT molecular complexity index is 964. The predicted molar refractivity (Wildman–Crippen MR) is 86.6 cm³/mol. The van der Waals surface area contributed by atoms with E-state index in [2.05, 4.69) is 5.32 Å². The van der Waals surface area contributed by atoms with E-state index in [-0.39, 0.29) is 16.8 Å². The molecule has 1 aromatic heterocycles. The number of carbonyl (C=O) groups is 1. The second-order valence-electron chi connectivity index (χ2n) is 5.03. The number of hydrogen-bond donors (Lipinski definition) is 1. The number of fused-ring (bicyclic) bond motifs is 1. The maximum atomic E-state index is 12.9. The molecule has 6 heteroatoms. The van der Waals surface area contributed by atoms with Crippen molar-refractivity contribution >= 4 is 34.2 Å². The normalized spacial score (nSPS) is 10.7. The number of amides is 1. The highest BCUT2D eigenvalue weighted by atomic mass is 35.5. The molecule has 3 aromatic rings. The lowest BCUT2D eigenvalue weighted by molar-refractivity contribution is 0.0997. The molecule has 3 rings (SSSR count). The van der Waals surface area contributed by atoms with Crippen LogP contribution in [-0.2, 0) is 0 Å². The fourth-order valence-electron chi connectivity index (χ4n) is 2.11. The van der Waals surface area contributed by atoms with Crippen molar-refractivity contribution in [3.8, 4) is 0 Å². The summed E-state index contributed by atoms with van der Waals surface area (Å²) in [5.74, 6) is -1.13. The smallest absolute Gasteiger partial charge is 0.291 e. The van der Waals surface area contributed by atoms with Crippen LogP contribution in [0.15, 0.2) is 51.7 Å². The van der Waals surface area contributed by atoms with E-state index in [1.165, 1.54) is 30.3 Å². The van der Waals surface area contributed by atoms with Crippen molar-refractivity contribution < 1.29 is 13.6 Å². The molecule has 0 spiro atoms. The third kappa shape index (κ3) is 3.10. The number of aryl methyl sites for hydroxylation is 1. The van der Waals surface area contributed by atoms with Crippen LogP contribution in [0.3, 0.4) is 0 Å². The van der Waals surface area contributed by atoms with Crippen LogP contribution in [0, 0.1) is 12.7 Å². The Balaban J connectivity index is 1.99. The maximum absolute atomic E-state index is 12.9. The third-order valence-corrected chi connectivity index (χ3v) is 3.74. The lowest BCUT2D eigenvalue weighted by atomic mass is 10.1. The Morgan fingerprint density at radius 1 is 1.17 bits per heavy atom. The van der Waals surface area contributed by atoms with Crippen LogP contribution in [0.1, 0.15) is 16.1 Å². The van der Waals surface area contributed by atoms with Gasteiger partial charge in [0.2, 0.25) is 0 Å². The summed E-state index contributed by atoms with van der Waals surface area (Å²) in [6, 6.07) is 9.49. The quantitative estimate of drug-likeness (QED) is 0.767. The molecule has 116 valence electrons. The largest absolute Gasteiger partial charge is 0.451 e. The van der Waals surface area contributed by atoms with Gasteiger partial charge in [0.05, 0.1) is 5.39 Å². The van der Waals surface area contributed by atoms with Crippen molar-refractivity contribution in [3.05, 3.63) is 74.9 Å². The topological polar surface area (TPSA) is 59.3 Å². The molecule has 0 aliphatic rings. The lowest BCUT2D eigenvalue weighted by Gasteiger charge is -2.06. The maximum Gasteiger partial charge on any atom is 0.291 e. The molecule has 1 amide bonds. The van der Waals surface area contributed by atoms with Crippen LogP contribution < -0.4 is 10.7 Å². The number of nitrogens with one attached hydrogen (secondary N) is 1. The lowest BCUT2D eigenvalue weighted by Crippen LogP contribution is -2.15. The summed E-state index contributed by atoms with van der Waals surface area (Å²) in [6.07, 6.45) is 0. The van der Waals surface area contributed by atoms with Crippen LogP contribution in [0.4, 0.5) is 10.1 Å². The van der Waals surface area contributed by atoms with Gasteiger partial charge in [-0.25, -0.2) is 4.39 Å². The zero-order valence-corrected chi connectivity index (χ0v) is 12.8. The van der Waals surface area contributed by atoms with Crippen molar-refractivity contribution in [3.63, 3.8) is 0 Å². The standard InChI is InChI=1S/C17H11ClFNO3/c1-9-6-15-12(7-13(9)18)14(21)8-16(23-15)17(22)20-11-4-2-10(19)3-5-11/h2-8H,1H3,(H,20,22). The molecule has 0 unspecified atom stereocenters. The summed E-state index contributed by atoms with van der Waals surface area (Å²) in [4.78, 5) is 24.3. The van der Waals surface area contributed by atoms with Crippen LogP contribution in [0.2, 0.25) is 5.02 Å². The van der Waals surface area contributed by atoms with Gasteiger partial charge in [-0.2, -0.15) is 0 Å². The van der Waals surface area contributed by atoms with Gasteiger partial charge in [0.15, 0.2) is 11.2 Å². The van der Waals surface area contributed by atoms with E-state index < -0.39 is 11.7 Å². The number of benzene rings is 2. The fraction of sp³-hybridized carbons (Fsp3) is 0.0588. The molecule has 0 saturated heterocycles. The van der Waals surface area contributed by atoms with Gasteiger partial charge in [0.25, 0.3) is 5.91 Å². The van der Waals surface area contributed by atoms with Gasteiger partial charge in [0, 0.05) is 16.8 Å². The number of anilines is 1. The zero-order chi connectivity index (χ0) is 16.6. The summed E-state index contributed by atoms with van der Waals surface area (Å²) in [5.41, 5.74) is 1.05. The third-order valence-electron chi connectivity index (χ3n) is 3.33. The molecule has 0 radical (unpaired) electrons. The predicted octanol–water partition coefficient (Wildman–Crippen LogP) is 4.15. The van der Waals surface area contributed by atoms with Crippen molar-refractivity contribution in [2.45, 2.75) is 6.92 Å². The van der Waals surface area contributed by atoms with Crippen molar-refractivity contribution in [1.82, 2.24) is 0 Å². The van der Waals surface area contributed by atoms with E-state index in [0.717, 1.165) is 11.6 Å². The molecule has 23 heavy (non-hydrogen) atoms. The molecule has 0 saturated carbocycles. The minimum absolute atomic E-state index is 0.131. The Hall–Kier alpha value is -2.66. The van der Waals surface area contributed by atoms with Gasteiger partial charge in [-0.15, -0.1) is 0 Å². The number of halogens is 2. The van der Waals surface area contributed by atoms with Gasteiger partial charge < -0.3 is 9.73 Å². The van der Waals surface area contributed by atoms with E-state index in [0.29, 0.717) is 16.1 Å². The van der Waals surface area contributed by atoms with Crippen molar-refractivity contribution in [1.29, 1.82) is 0 Å². The Labute approximate surface area is 135 Å². The summed E-state index contributed by atoms with van der Waals surface area (Å²) in [6.45, 7) is 1.77. The first-order chi connectivity index (χ1) is 10.9. The molecule has 1 heterocycles. The van der Waals surface area contributed by atoms with Crippen molar-refractivity contribution in [2.75, 3.05) is 5.32 Å². The average molecular weight is 332 g/mol. The van der Waals surface area contributed by atoms with Crippen LogP contribution >= 0.6 is 11.6 Å². The van der Waals surface area contributed by atoms with E-state index in [4.69, 9.17) is 16.0 Å². The van der Waals surface area contributed by atoms with Crippen LogP contribution in [0.5, 0.6) is 0 Å². The molecule has 0 aliphatic heterocycles.